The summed E-state index contributed by atoms with van der Waals surface area (Å²) >= 11 is 0. The number of aromatic nitrogens is 2. The van der Waals surface area contributed by atoms with Crippen molar-refractivity contribution in [2.45, 2.75) is 25.4 Å². The molecule has 9 nitrogen and oxygen atoms in total. The predicted octanol–water partition coefficient (Wildman–Crippen LogP) is 1.65. The number of imide groups is 1. The van der Waals surface area contributed by atoms with E-state index < -0.39 is 6.04 Å². The highest BCUT2D eigenvalue weighted by Gasteiger charge is 2.37. The zero-order chi connectivity index (χ0) is 23.8. The average Bonchev–Trinajstić information content (AvgIpc) is 3.13. The number of fused-ring (bicyclic) bond motifs is 1. The number of carbonyl (C=O) groups excluding carboxylic acids is 2. The van der Waals surface area contributed by atoms with Crippen molar-refractivity contribution < 1.29 is 14.3 Å². The van der Waals surface area contributed by atoms with E-state index in [1.807, 2.05) is 30.3 Å². The second-order valence-electron chi connectivity index (χ2n) is 8.81. The summed E-state index contributed by atoms with van der Waals surface area (Å²) in [4.78, 5) is 43.2. The van der Waals surface area contributed by atoms with Crippen LogP contribution in [0.5, 0.6) is 5.75 Å². The van der Waals surface area contributed by atoms with Crippen molar-refractivity contribution in [3.8, 4) is 5.75 Å². The van der Waals surface area contributed by atoms with Gasteiger partial charge in [0.15, 0.2) is 0 Å². The van der Waals surface area contributed by atoms with E-state index in [0.717, 1.165) is 48.5 Å². The fourth-order valence-electron chi connectivity index (χ4n) is 5.02. The topological polar surface area (TPSA) is 88.8 Å². The number of para-hydroxylation sites is 1. The number of hydrogen-bond donors (Lipinski definition) is 1. The lowest BCUT2D eigenvalue weighted by atomic mass is 10.0. The smallest absolute Gasteiger partial charge is 0.329 e. The zero-order valence-corrected chi connectivity index (χ0v) is 19.5. The first-order valence-electron chi connectivity index (χ1n) is 11.6. The first-order valence-corrected chi connectivity index (χ1v) is 11.6. The number of nitrogens with zero attached hydrogens (tertiary/aromatic N) is 4. The Hall–Kier alpha value is -3.59. The third kappa shape index (κ3) is 3.75. The predicted molar refractivity (Wildman–Crippen MR) is 129 cm³/mol. The van der Waals surface area contributed by atoms with Gasteiger partial charge in [0, 0.05) is 39.6 Å². The van der Waals surface area contributed by atoms with Crippen molar-refractivity contribution in [3.63, 3.8) is 0 Å². The van der Waals surface area contributed by atoms with Crippen LogP contribution in [0.4, 0.5) is 5.69 Å². The van der Waals surface area contributed by atoms with Crippen molar-refractivity contribution in [1.29, 1.82) is 0 Å². The molecule has 2 aliphatic rings. The number of hydrogen-bond acceptors (Lipinski definition) is 6. The van der Waals surface area contributed by atoms with E-state index in [9.17, 15) is 14.4 Å². The molecular weight excluding hydrogens is 434 g/mol. The number of amides is 2. The summed E-state index contributed by atoms with van der Waals surface area (Å²) in [6.45, 7) is 3.64. The molecule has 1 unspecified atom stereocenters. The van der Waals surface area contributed by atoms with Crippen LogP contribution in [0.1, 0.15) is 24.4 Å². The number of nitrogens with one attached hydrogen (secondary N) is 1. The monoisotopic (exact) mass is 463 g/mol. The van der Waals surface area contributed by atoms with Crippen molar-refractivity contribution in [2.75, 3.05) is 38.2 Å². The van der Waals surface area contributed by atoms with E-state index in [2.05, 4.69) is 10.2 Å². The molecule has 9 heteroatoms. The first kappa shape index (κ1) is 22.2. The molecule has 2 fully saturated rings. The van der Waals surface area contributed by atoms with E-state index in [0.29, 0.717) is 12.2 Å². The molecule has 1 N–H and O–H groups in total. The number of aryl methyl sites for hydroxylation is 1. The SMILES string of the molecule is COc1ccc(CN2C(=O)CCC(n3c(=O)n(C)c4c(N5CCNCC5)cccc43)C2=O)cc1. The zero-order valence-electron chi connectivity index (χ0n) is 19.5. The van der Waals surface area contributed by atoms with Gasteiger partial charge in [0.25, 0.3) is 5.91 Å². The van der Waals surface area contributed by atoms with Crippen LogP contribution >= 0.6 is 0 Å². The molecule has 2 amide bonds. The van der Waals surface area contributed by atoms with Crippen LogP contribution in [0.2, 0.25) is 0 Å². The highest BCUT2D eigenvalue weighted by atomic mass is 16.5. The number of piperidine rings is 1. The Labute approximate surface area is 197 Å². The summed E-state index contributed by atoms with van der Waals surface area (Å²) in [5, 5.41) is 3.35. The van der Waals surface area contributed by atoms with E-state index >= 15 is 0 Å². The number of ether oxygens (including phenoxy) is 1. The van der Waals surface area contributed by atoms with Gasteiger partial charge in [-0.3, -0.25) is 23.6 Å². The molecule has 2 saturated heterocycles. The highest BCUT2D eigenvalue weighted by molar-refractivity contribution is 6.00. The van der Waals surface area contributed by atoms with Crippen LogP contribution in [0, 0.1) is 0 Å². The molecule has 3 aromatic rings. The van der Waals surface area contributed by atoms with Crippen molar-refractivity contribution in [2.24, 2.45) is 7.05 Å². The summed E-state index contributed by atoms with van der Waals surface area (Å²) in [5.41, 5.74) is 3.12. The molecule has 0 saturated carbocycles. The maximum Gasteiger partial charge on any atom is 0.329 e. The van der Waals surface area contributed by atoms with Gasteiger partial charge in [-0.25, -0.2) is 4.79 Å². The van der Waals surface area contributed by atoms with Crippen molar-refractivity contribution in [3.05, 3.63) is 58.5 Å². The maximum absolute atomic E-state index is 13.5. The summed E-state index contributed by atoms with van der Waals surface area (Å²) in [6, 6.07) is 12.4. The number of piperazine rings is 1. The minimum Gasteiger partial charge on any atom is -0.497 e. The number of likely N-dealkylation sites (tertiary alicyclic amines) is 1. The fourth-order valence-corrected chi connectivity index (χ4v) is 5.02. The molecule has 178 valence electrons. The molecule has 0 spiro atoms. The van der Waals surface area contributed by atoms with E-state index in [1.54, 1.807) is 35.4 Å². The highest BCUT2D eigenvalue weighted by Crippen LogP contribution is 2.32. The Kier molecular flexibility index (Phi) is 5.87. The average molecular weight is 464 g/mol. The number of rotatable bonds is 5. The summed E-state index contributed by atoms with van der Waals surface area (Å²) < 4.78 is 8.40. The van der Waals surface area contributed by atoms with Gasteiger partial charge in [0.05, 0.1) is 30.4 Å². The second-order valence-corrected chi connectivity index (χ2v) is 8.81. The lowest BCUT2D eigenvalue weighted by molar-refractivity contribution is -0.151. The van der Waals surface area contributed by atoms with Gasteiger partial charge >= 0.3 is 5.69 Å². The molecular formula is C25H29N5O4. The fraction of sp³-hybridized carbons (Fsp3) is 0.400. The van der Waals surface area contributed by atoms with Gasteiger partial charge in [-0.05, 0) is 36.2 Å². The Morgan fingerprint density at radius 3 is 2.47 bits per heavy atom. The number of anilines is 1. The second kappa shape index (κ2) is 8.98. The summed E-state index contributed by atoms with van der Waals surface area (Å²) in [5.74, 6) is 0.154. The van der Waals surface area contributed by atoms with E-state index in [-0.39, 0.29) is 30.5 Å². The maximum atomic E-state index is 13.5. The third-order valence-corrected chi connectivity index (χ3v) is 6.83. The molecule has 1 aromatic heterocycles. The Balaban J connectivity index is 1.51. The Morgan fingerprint density at radius 1 is 1.03 bits per heavy atom. The number of methoxy groups -OCH3 is 1. The minimum absolute atomic E-state index is 0.170. The molecule has 5 rings (SSSR count). The van der Waals surface area contributed by atoms with Gasteiger partial charge in [-0.1, -0.05) is 18.2 Å². The van der Waals surface area contributed by atoms with Gasteiger partial charge in [0.2, 0.25) is 5.91 Å². The third-order valence-electron chi connectivity index (χ3n) is 6.83. The molecule has 0 aliphatic carbocycles. The lowest BCUT2D eigenvalue weighted by Gasteiger charge is -2.31. The molecule has 2 aromatic carbocycles. The number of carbonyl (C=O) groups is 2. The van der Waals surface area contributed by atoms with Crippen LogP contribution in [-0.4, -0.2) is 59.1 Å². The molecule has 0 bridgehead atoms. The van der Waals surface area contributed by atoms with Crippen LogP contribution in [-0.2, 0) is 23.2 Å². The molecule has 0 radical (unpaired) electrons. The summed E-state index contributed by atoms with van der Waals surface area (Å²) in [7, 11) is 3.34. The Morgan fingerprint density at radius 2 is 1.76 bits per heavy atom. The molecule has 1 atom stereocenters. The van der Waals surface area contributed by atoms with E-state index in [1.165, 1.54) is 4.90 Å². The molecule has 3 heterocycles. The van der Waals surface area contributed by atoms with Gasteiger partial charge in [-0.15, -0.1) is 0 Å². The van der Waals surface area contributed by atoms with Crippen LogP contribution in [0.25, 0.3) is 11.0 Å². The van der Waals surface area contributed by atoms with Crippen LogP contribution in [0.3, 0.4) is 0 Å². The Bertz CT molecular complexity index is 1290. The van der Waals surface area contributed by atoms with Crippen LogP contribution < -0.4 is 20.6 Å². The minimum atomic E-state index is -0.717. The van der Waals surface area contributed by atoms with Crippen molar-refractivity contribution >= 4 is 28.5 Å². The standard InChI is InChI=1S/C25H29N5O4/c1-27-23-19(28-14-12-26-13-15-28)4-3-5-20(23)30(25(27)33)21-10-11-22(31)29(24(21)32)16-17-6-8-18(34-2)9-7-17/h3-9,21,26H,10-16H2,1-2H3. The first-order chi connectivity index (χ1) is 16.5. The quantitative estimate of drug-likeness (QED) is 0.579. The van der Waals surface area contributed by atoms with Crippen LogP contribution in [0.15, 0.2) is 47.3 Å². The van der Waals surface area contributed by atoms with Gasteiger partial charge in [-0.2, -0.15) is 0 Å². The normalized spacial score (nSPS) is 19.2. The summed E-state index contributed by atoms with van der Waals surface area (Å²) in [6.07, 6.45) is 0.528. The molecule has 34 heavy (non-hydrogen) atoms. The van der Waals surface area contributed by atoms with E-state index in [4.69, 9.17) is 4.74 Å². The van der Waals surface area contributed by atoms with Crippen molar-refractivity contribution in [1.82, 2.24) is 19.4 Å². The largest absolute Gasteiger partial charge is 0.497 e. The van der Waals surface area contributed by atoms with Gasteiger partial charge < -0.3 is 15.0 Å². The number of imidazole rings is 1. The van der Waals surface area contributed by atoms with Gasteiger partial charge in [0.1, 0.15) is 11.8 Å². The lowest BCUT2D eigenvalue weighted by Crippen LogP contribution is -2.47. The molecule has 2 aliphatic heterocycles. The number of benzene rings is 2.